The number of fused-ring (bicyclic) bond motifs is 6. The zero-order valence-electron chi connectivity index (χ0n) is 13.0. The third kappa shape index (κ3) is 1.33. The molecule has 0 spiro atoms. The number of benzene rings is 3. The molecule has 0 nitrogen and oxygen atoms in total. The molecular formula is C22H18. The molecular weight excluding hydrogens is 264 g/mol. The van der Waals surface area contributed by atoms with Gasteiger partial charge in [-0.25, -0.2) is 0 Å². The van der Waals surface area contributed by atoms with E-state index in [1.165, 1.54) is 33.0 Å². The van der Waals surface area contributed by atoms with Crippen LogP contribution in [0.15, 0.2) is 60.7 Å². The van der Waals surface area contributed by atoms with E-state index in [0.29, 0.717) is 0 Å². The maximum atomic E-state index is 2.38. The summed E-state index contributed by atoms with van der Waals surface area (Å²) >= 11 is 0. The van der Waals surface area contributed by atoms with E-state index >= 15 is 0 Å². The lowest BCUT2D eigenvalue weighted by molar-refractivity contribution is 0.705. The molecule has 0 aromatic heterocycles. The van der Waals surface area contributed by atoms with Crippen molar-refractivity contribution in [1.29, 1.82) is 0 Å². The van der Waals surface area contributed by atoms with E-state index in [2.05, 4.69) is 74.5 Å². The van der Waals surface area contributed by atoms with Gasteiger partial charge in [-0.3, -0.25) is 0 Å². The smallest absolute Gasteiger partial charge is 0.0161 e. The fourth-order valence-corrected chi connectivity index (χ4v) is 4.54. The summed E-state index contributed by atoms with van der Waals surface area (Å²) in [6.45, 7) is 4.76. The number of rotatable bonds is 0. The monoisotopic (exact) mass is 282 g/mol. The Labute approximate surface area is 131 Å². The van der Waals surface area contributed by atoms with Gasteiger partial charge in [-0.05, 0) is 50.6 Å². The van der Waals surface area contributed by atoms with Crippen LogP contribution in [0.1, 0.15) is 36.1 Å². The summed E-state index contributed by atoms with van der Waals surface area (Å²) < 4.78 is 0. The first-order valence-electron chi connectivity index (χ1n) is 8.02. The molecule has 3 aromatic rings. The first kappa shape index (κ1) is 12.2. The van der Waals surface area contributed by atoms with Crippen molar-refractivity contribution in [3.63, 3.8) is 0 Å². The highest BCUT2D eigenvalue weighted by molar-refractivity contribution is 6.12. The summed E-state index contributed by atoms with van der Waals surface area (Å²) in [6, 6.07) is 22.4. The van der Waals surface area contributed by atoms with Crippen LogP contribution < -0.4 is 0 Å². The van der Waals surface area contributed by atoms with Crippen molar-refractivity contribution in [1.82, 2.24) is 0 Å². The largest absolute Gasteiger partial charge is 0.0619 e. The molecule has 0 atom stereocenters. The molecule has 0 N–H and O–H groups in total. The second-order valence-corrected chi connectivity index (χ2v) is 7.02. The normalized spacial score (nSPS) is 17.5. The highest BCUT2D eigenvalue weighted by Crippen LogP contribution is 2.57. The topological polar surface area (TPSA) is 0 Å². The predicted molar refractivity (Wildman–Crippen MR) is 93.9 cm³/mol. The Balaban J connectivity index is 1.90. The van der Waals surface area contributed by atoms with E-state index in [-0.39, 0.29) is 5.41 Å². The lowest BCUT2D eigenvalue weighted by atomic mass is 9.78. The van der Waals surface area contributed by atoms with Crippen LogP contribution in [-0.2, 0) is 11.8 Å². The van der Waals surface area contributed by atoms with Gasteiger partial charge in [0.1, 0.15) is 0 Å². The second kappa shape index (κ2) is 3.89. The van der Waals surface area contributed by atoms with Gasteiger partial charge in [0.05, 0.1) is 0 Å². The molecule has 0 heteroatoms. The minimum absolute atomic E-state index is 0.0985. The fraction of sp³-hybridized carbons (Fsp3) is 0.182. The summed E-state index contributed by atoms with van der Waals surface area (Å²) in [4.78, 5) is 0. The molecule has 0 heterocycles. The molecule has 106 valence electrons. The third-order valence-electron chi connectivity index (χ3n) is 5.48. The first-order valence-corrected chi connectivity index (χ1v) is 8.02. The van der Waals surface area contributed by atoms with E-state index in [9.17, 15) is 0 Å². The van der Waals surface area contributed by atoms with E-state index in [0.717, 1.165) is 6.42 Å². The van der Waals surface area contributed by atoms with Crippen molar-refractivity contribution in [2.24, 2.45) is 0 Å². The Morgan fingerprint density at radius 1 is 0.818 bits per heavy atom. The summed E-state index contributed by atoms with van der Waals surface area (Å²) in [5.41, 5.74) is 9.13. The van der Waals surface area contributed by atoms with Crippen molar-refractivity contribution in [2.75, 3.05) is 0 Å². The fourth-order valence-electron chi connectivity index (χ4n) is 4.54. The van der Waals surface area contributed by atoms with Gasteiger partial charge in [-0.1, -0.05) is 74.5 Å². The van der Waals surface area contributed by atoms with Gasteiger partial charge in [-0.15, -0.1) is 0 Å². The average Bonchev–Trinajstić information content (AvgIpc) is 3.02. The standard InChI is InChI=1S/C22H18/c1-22(2)19-12-11-14-7-3-5-9-16(14)20(19)18-13-15-8-4-6-10-17(15)21(18)22/h3-12H,13H2,1-2H3. The Morgan fingerprint density at radius 3 is 2.50 bits per heavy atom. The van der Waals surface area contributed by atoms with Crippen molar-refractivity contribution in [3.8, 4) is 0 Å². The summed E-state index contributed by atoms with van der Waals surface area (Å²) in [6.07, 6.45) is 1.08. The van der Waals surface area contributed by atoms with Crippen molar-refractivity contribution < 1.29 is 0 Å². The lowest BCUT2D eigenvalue weighted by Crippen LogP contribution is -2.16. The van der Waals surface area contributed by atoms with Crippen LogP contribution in [-0.4, -0.2) is 0 Å². The molecule has 0 aliphatic heterocycles. The van der Waals surface area contributed by atoms with Gasteiger partial charge in [0.25, 0.3) is 0 Å². The van der Waals surface area contributed by atoms with Gasteiger partial charge in [0.2, 0.25) is 0 Å². The van der Waals surface area contributed by atoms with Crippen LogP contribution in [0.5, 0.6) is 0 Å². The van der Waals surface area contributed by atoms with E-state index in [1.807, 2.05) is 0 Å². The van der Waals surface area contributed by atoms with Crippen LogP contribution in [0.2, 0.25) is 0 Å². The highest BCUT2D eigenvalue weighted by Gasteiger charge is 2.42. The van der Waals surface area contributed by atoms with Crippen LogP contribution in [0, 0.1) is 0 Å². The summed E-state index contributed by atoms with van der Waals surface area (Å²) in [7, 11) is 0. The SMILES string of the molecule is CC1(C)C2=C(Cc3ccccc32)c2c1ccc1ccccc21. The summed E-state index contributed by atoms with van der Waals surface area (Å²) in [5.74, 6) is 0. The maximum Gasteiger partial charge on any atom is 0.0161 e. The van der Waals surface area contributed by atoms with E-state index in [1.54, 1.807) is 11.1 Å². The average molecular weight is 282 g/mol. The molecule has 0 amide bonds. The molecule has 0 fully saturated rings. The molecule has 5 rings (SSSR count). The van der Waals surface area contributed by atoms with Crippen LogP contribution in [0.4, 0.5) is 0 Å². The van der Waals surface area contributed by atoms with Crippen molar-refractivity contribution >= 4 is 21.9 Å². The van der Waals surface area contributed by atoms with Crippen molar-refractivity contribution in [3.05, 3.63) is 82.9 Å². The van der Waals surface area contributed by atoms with Crippen LogP contribution in [0.25, 0.3) is 21.9 Å². The Kier molecular flexibility index (Phi) is 2.16. The molecule has 0 saturated carbocycles. The van der Waals surface area contributed by atoms with Crippen molar-refractivity contribution in [2.45, 2.75) is 25.7 Å². The number of hydrogen-bond acceptors (Lipinski definition) is 0. The van der Waals surface area contributed by atoms with E-state index in [4.69, 9.17) is 0 Å². The van der Waals surface area contributed by atoms with Gasteiger partial charge in [0.15, 0.2) is 0 Å². The minimum atomic E-state index is 0.0985. The second-order valence-electron chi connectivity index (χ2n) is 7.02. The zero-order valence-corrected chi connectivity index (χ0v) is 13.0. The molecule has 0 bridgehead atoms. The van der Waals surface area contributed by atoms with Crippen LogP contribution >= 0.6 is 0 Å². The highest BCUT2D eigenvalue weighted by atomic mass is 14.4. The summed E-state index contributed by atoms with van der Waals surface area (Å²) in [5, 5.41) is 2.76. The number of allylic oxidation sites excluding steroid dienone is 2. The molecule has 2 aliphatic rings. The molecule has 2 aliphatic carbocycles. The zero-order chi connectivity index (χ0) is 14.9. The van der Waals surface area contributed by atoms with Gasteiger partial charge in [0, 0.05) is 5.41 Å². The Bertz CT molecular complexity index is 970. The lowest BCUT2D eigenvalue weighted by Gasteiger charge is -2.25. The predicted octanol–water partition coefficient (Wildman–Crippen LogP) is 5.60. The number of hydrogen-bond donors (Lipinski definition) is 0. The van der Waals surface area contributed by atoms with E-state index < -0.39 is 0 Å². The molecule has 3 aromatic carbocycles. The molecule has 0 saturated heterocycles. The quantitative estimate of drug-likeness (QED) is 0.503. The van der Waals surface area contributed by atoms with Gasteiger partial charge in [-0.2, -0.15) is 0 Å². The third-order valence-corrected chi connectivity index (χ3v) is 5.48. The van der Waals surface area contributed by atoms with Gasteiger partial charge >= 0.3 is 0 Å². The molecule has 0 unspecified atom stereocenters. The van der Waals surface area contributed by atoms with Gasteiger partial charge < -0.3 is 0 Å². The first-order chi connectivity index (χ1) is 10.7. The maximum absolute atomic E-state index is 2.38. The van der Waals surface area contributed by atoms with Crippen LogP contribution in [0.3, 0.4) is 0 Å². The minimum Gasteiger partial charge on any atom is -0.0619 e. The Hall–Kier alpha value is -2.34. The molecule has 22 heavy (non-hydrogen) atoms. The Morgan fingerprint density at radius 2 is 1.59 bits per heavy atom. The molecule has 0 radical (unpaired) electrons.